The minimum Gasteiger partial charge on any atom is -0.497 e. The minimum atomic E-state index is -1.85. The molecule has 2 aliphatic heterocycles. The fourth-order valence-corrected chi connectivity index (χ4v) is 5.14. The van der Waals surface area contributed by atoms with Gasteiger partial charge in [0.2, 0.25) is 29.0 Å². The standard InChI is InChI=1S/C28H34O16/c1-36-10-5-6-13-11(7-10)16(30)15-22(42-13)24(37-2)26(39-4)25(38-3)23(15)44-28-21(35)19(33)18(32)14(43-28)9-41-27-20(34)17(31)12(29)8-40-27/h5-7,12,14,17-21,27-29,31-35H,8-9H2,1-4H3/t12-,14-,17-,18-,19-,20-,21-,27+,28+/m1/s1. The molecule has 9 atom stereocenters. The summed E-state index contributed by atoms with van der Waals surface area (Å²) in [4.78, 5) is 13.9. The van der Waals surface area contributed by atoms with Crippen LogP contribution in [-0.4, -0.2) is 128 Å². The van der Waals surface area contributed by atoms with Crippen LogP contribution in [0.1, 0.15) is 0 Å². The molecule has 3 aromatic rings. The second kappa shape index (κ2) is 12.9. The number of fused-ring (bicyclic) bond motifs is 2. The number of rotatable bonds is 9. The van der Waals surface area contributed by atoms with Crippen molar-refractivity contribution in [2.45, 2.75) is 55.3 Å². The van der Waals surface area contributed by atoms with E-state index in [1.54, 1.807) is 6.07 Å². The van der Waals surface area contributed by atoms with E-state index in [1.807, 2.05) is 0 Å². The minimum absolute atomic E-state index is 0.00621. The number of ether oxygens (including phenoxy) is 8. The second-order valence-corrected chi connectivity index (χ2v) is 10.1. The third-order valence-corrected chi connectivity index (χ3v) is 7.54. The Labute approximate surface area is 249 Å². The summed E-state index contributed by atoms with van der Waals surface area (Å²) in [5, 5.41) is 61.8. The van der Waals surface area contributed by atoms with Crippen LogP contribution >= 0.6 is 0 Å². The molecule has 44 heavy (non-hydrogen) atoms. The normalized spacial score (nSPS) is 30.7. The Balaban J connectivity index is 1.55. The molecule has 5 rings (SSSR count). The maximum Gasteiger partial charge on any atom is 0.229 e. The van der Waals surface area contributed by atoms with Gasteiger partial charge in [-0.1, -0.05) is 0 Å². The molecule has 0 spiro atoms. The van der Waals surface area contributed by atoms with Crippen LogP contribution in [0.4, 0.5) is 0 Å². The van der Waals surface area contributed by atoms with E-state index in [0.29, 0.717) is 5.75 Å². The Bertz CT molecular complexity index is 1540. The molecule has 16 nitrogen and oxygen atoms in total. The molecule has 2 aromatic carbocycles. The summed E-state index contributed by atoms with van der Waals surface area (Å²) in [6.45, 7) is -0.856. The van der Waals surface area contributed by atoms with Crippen LogP contribution in [0.2, 0.25) is 0 Å². The molecular formula is C28H34O16. The molecule has 0 amide bonds. The van der Waals surface area contributed by atoms with Gasteiger partial charge in [0.15, 0.2) is 17.6 Å². The second-order valence-electron chi connectivity index (χ2n) is 10.1. The smallest absolute Gasteiger partial charge is 0.229 e. The van der Waals surface area contributed by atoms with E-state index in [1.165, 1.54) is 40.6 Å². The van der Waals surface area contributed by atoms with Crippen LogP contribution in [0, 0.1) is 0 Å². The molecule has 0 unspecified atom stereocenters. The molecule has 0 saturated carbocycles. The van der Waals surface area contributed by atoms with Gasteiger partial charge in [-0.3, -0.25) is 4.79 Å². The first-order chi connectivity index (χ1) is 21.1. The number of benzene rings is 2. The molecule has 2 aliphatic rings. The van der Waals surface area contributed by atoms with Crippen molar-refractivity contribution >= 4 is 21.9 Å². The van der Waals surface area contributed by atoms with Gasteiger partial charge < -0.3 is 73.0 Å². The van der Waals surface area contributed by atoms with Gasteiger partial charge in [0.05, 0.1) is 47.0 Å². The topological polar surface area (TPSA) is 225 Å². The fourth-order valence-electron chi connectivity index (χ4n) is 5.14. The van der Waals surface area contributed by atoms with Gasteiger partial charge in [-0.05, 0) is 18.2 Å². The lowest BCUT2D eigenvalue weighted by molar-refractivity contribution is -0.307. The maximum absolute atomic E-state index is 13.9. The fraction of sp³-hybridized carbons (Fsp3) is 0.536. The lowest BCUT2D eigenvalue weighted by Crippen LogP contribution is -2.61. The molecular weight excluding hydrogens is 592 g/mol. The van der Waals surface area contributed by atoms with Crippen LogP contribution in [0.15, 0.2) is 27.4 Å². The van der Waals surface area contributed by atoms with Crippen molar-refractivity contribution in [3.63, 3.8) is 0 Å². The summed E-state index contributed by atoms with van der Waals surface area (Å²) < 4.78 is 50.3. The van der Waals surface area contributed by atoms with Crippen molar-refractivity contribution in [3.8, 4) is 28.7 Å². The molecule has 242 valence electrons. The van der Waals surface area contributed by atoms with E-state index in [2.05, 4.69) is 0 Å². The predicted molar refractivity (Wildman–Crippen MR) is 147 cm³/mol. The van der Waals surface area contributed by atoms with Crippen LogP contribution in [0.3, 0.4) is 0 Å². The maximum atomic E-state index is 13.9. The number of methoxy groups -OCH3 is 4. The lowest BCUT2D eigenvalue weighted by Gasteiger charge is -2.41. The Hall–Kier alpha value is -3.45. The molecule has 6 N–H and O–H groups in total. The molecule has 0 aliphatic carbocycles. The lowest BCUT2D eigenvalue weighted by atomic mass is 9.99. The van der Waals surface area contributed by atoms with Gasteiger partial charge in [0, 0.05) is 0 Å². The van der Waals surface area contributed by atoms with Crippen LogP contribution in [-0.2, 0) is 14.2 Å². The highest BCUT2D eigenvalue weighted by Crippen LogP contribution is 2.51. The summed E-state index contributed by atoms with van der Waals surface area (Å²) in [5.41, 5.74) is -0.489. The average molecular weight is 627 g/mol. The van der Waals surface area contributed by atoms with Gasteiger partial charge in [-0.25, -0.2) is 0 Å². The van der Waals surface area contributed by atoms with Crippen molar-refractivity contribution in [3.05, 3.63) is 28.4 Å². The first kappa shape index (κ1) is 32.0. The summed E-state index contributed by atoms with van der Waals surface area (Å²) >= 11 is 0. The van der Waals surface area contributed by atoms with Gasteiger partial charge in [-0.2, -0.15) is 0 Å². The number of hydrogen-bond donors (Lipinski definition) is 6. The summed E-state index contributed by atoms with van der Waals surface area (Å²) in [6, 6.07) is 4.60. The van der Waals surface area contributed by atoms with Crippen molar-refractivity contribution in [2.24, 2.45) is 0 Å². The van der Waals surface area contributed by atoms with Crippen LogP contribution in [0.5, 0.6) is 28.7 Å². The van der Waals surface area contributed by atoms with Crippen molar-refractivity contribution < 1.29 is 73.0 Å². The Morgan fingerprint density at radius 2 is 1.43 bits per heavy atom. The summed E-state index contributed by atoms with van der Waals surface area (Å²) in [6.07, 6.45) is -14.4. The van der Waals surface area contributed by atoms with E-state index in [4.69, 9.17) is 42.3 Å². The Kier molecular flexibility index (Phi) is 9.36. The molecule has 2 saturated heterocycles. The van der Waals surface area contributed by atoms with E-state index in [9.17, 15) is 35.4 Å². The molecule has 1 aromatic heterocycles. The summed E-state index contributed by atoms with van der Waals surface area (Å²) in [7, 11) is 5.36. The molecule has 0 bridgehead atoms. The van der Waals surface area contributed by atoms with Crippen molar-refractivity contribution in [1.29, 1.82) is 0 Å². The zero-order valence-corrected chi connectivity index (χ0v) is 24.1. The highest BCUT2D eigenvalue weighted by molar-refractivity contribution is 6.00. The predicted octanol–water partition coefficient (Wildman–Crippen LogP) is -1.38. The molecule has 0 radical (unpaired) electrons. The van der Waals surface area contributed by atoms with E-state index in [0.717, 1.165) is 0 Å². The number of aliphatic hydroxyl groups excluding tert-OH is 6. The Morgan fingerprint density at radius 3 is 2.09 bits per heavy atom. The first-order valence-corrected chi connectivity index (χ1v) is 13.5. The largest absolute Gasteiger partial charge is 0.497 e. The zero-order chi connectivity index (χ0) is 31.9. The van der Waals surface area contributed by atoms with Gasteiger partial charge >= 0.3 is 0 Å². The van der Waals surface area contributed by atoms with Gasteiger partial charge in [0.25, 0.3) is 0 Å². The SMILES string of the molecule is COc1ccc2oc3c(OC)c(OC)c(OC)c(O[C@@H]4O[C@H](CO[C@@H]5OC[C@@H](O)[C@@H](O)[C@H]5O)[C@@H](O)[C@@H](O)[C@H]4O)c3c(=O)c2c1. The van der Waals surface area contributed by atoms with Gasteiger partial charge in [-0.15, -0.1) is 0 Å². The monoisotopic (exact) mass is 626 g/mol. The van der Waals surface area contributed by atoms with E-state index in [-0.39, 0.29) is 51.5 Å². The van der Waals surface area contributed by atoms with Crippen molar-refractivity contribution in [1.82, 2.24) is 0 Å². The third-order valence-electron chi connectivity index (χ3n) is 7.54. The average Bonchev–Trinajstić information content (AvgIpc) is 3.03. The third kappa shape index (κ3) is 5.48. The quantitative estimate of drug-likeness (QED) is 0.151. The molecule has 3 heterocycles. The van der Waals surface area contributed by atoms with Gasteiger partial charge in [0.1, 0.15) is 59.4 Å². The highest BCUT2D eigenvalue weighted by atomic mass is 16.7. The van der Waals surface area contributed by atoms with E-state index < -0.39 is 67.3 Å². The molecule has 16 heteroatoms. The zero-order valence-electron chi connectivity index (χ0n) is 24.1. The first-order valence-electron chi connectivity index (χ1n) is 13.5. The van der Waals surface area contributed by atoms with Crippen LogP contribution in [0.25, 0.3) is 21.9 Å². The van der Waals surface area contributed by atoms with Crippen LogP contribution < -0.4 is 29.1 Å². The number of aliphatic hydroxyl groups is 6. The molecule has 2 fully saturated rings. The number of hydrogen-bond acceptors (Lipinski definition) is 16. The highest BCUT2D eigenvalue weighted by Gasteiger charge is 2.47. The van der Waals surface area contributed by atoms with Crippen molar-refractivity contribution in [2.75, 3.05) is 41.7 Å². The van der Waals surface area contributed by atoms with E-state index >= 15 is 0 Å². The Morgan fingerprint density at radius 1 is 0.773 bits per heavy atom. The summed E-state index contributed by atoms with van der Waals surface area (Å²) in [5.74, 6) is -0.0785.